The number of ether oxygens (including phenoxy) is 2. The molecule has 1 atom stereocenters. The number of anilines is 2. The van der Waals surface area contributed by atoms with Gasteiger partial charge in [0.2, 0.25) is 5.91 Å². The van der Waals surface area contributed by atoms with Gasteiger partial charge in [-0.2, -0.15) is 0 Å². The molecule has 1 aliphatic heterocycles. The summed E-state index contributed by atoms with van der Waals surface area (Å²) in [5, 5.41) is 17.3. The number of benzene rings is 3. The number of pyridine rings is 1. The van der Waals surface area contributed by atoms with Crippen molar-refractivity contribution in [1.29, 1.82) is 0 Å². The third-order valence-electron chi connectivity index (χ3n) is 9.30. The molecule has 2 saturated carbocycles. The summed E-state index contributed by atoms with van der Waals surface area (Å²) in [7, 11) is 0. The predicted octanol–water partition coefficient (Wildman–Crippen LogP) is 6.74. The Bertz CT molecular complexity index is 1740. The molecule has 3 N–H and O–H groups in total. The second-order valence-corrected chi connectivity index (χ2v) is 12.7. The third kappa shape index (κ3) is 6.36. The SMILES string of the molecule is C=C(Nc1ccccc1)C1(C(=O)Nc2ccc(Oc3ccnc4cc(OCC(O)CN5CCC6(CC6)C5)ccc34)c(F)c2)CC1. The average molecular weight is 609 g/mol. The summed E-state index contributed by atoms with van der Waals surface area (Å²) in [6, 6.07) is 21.0. The number of aliphatic hydroxyl groups is 1. The predicted molar refractivity (Wildman–Crippen MR) is 172 cm³/mol. The van der Waals surface area contributed by atoms with Crippen LogP contribution in [0, 0.1) is 16.6 Å². The highest BCUT2D eigenvalue weighted by Gasteiger charge is 2.52. The Labute approximate surface area is 261 Å². The zero-order valence-electron chi connectivity index (χ0n) is 25.1. The first kappa shape index (κ1) is 29.3. The summed E-state index contributed by atoms with van der Waals surface area (Å²) in [6.07, 6.45) is 6.21. The van der Waals surface area contributed by atoms with Gasteiger partial charge in [-0.15, -0.1) is 0 Å². The fourth-order valence-electron chi connectivity index (χ4n) is 6.23. The van der Waals surface area contributed by atoms with Gasteiger partial charge in [0.25, 0.3) is 0 Å². The number of aliphatic hydroxyl groups excluding tert-OH is 1. The summed E-state index contributed by atoms with van der Waals surface area (Å²) in [4.78, 5) is 19.9. The van der Waals surface area contributed by atoms with Gasteiger partial charge < -0.3 is 30.1 Å². The molecule has 3 aliphatic rings. The molecule has 45 heavy (non-hydrogen) atoms. The quantitative estimate of drug-likeness (QED) is 0.164. The normalized spacial score (nSPS) is 18.4. The van der Waals surface area contributed by atoms with Crippen molar-refractivity contribution >= 4 is 28.2 Å². The van der Waals surface area contributed by atoms with Crippen LogP contribution in [-0.2, 0) is 4.79 Å². The van der Waals surface area contributed by atoms with Crippen LogP contribution in [0.3, 0.4) is 0 Å². The van der Waals surface area contributed by atoms with E-state index in [0.29, 0.717) is 58.6 Å². The van der Waals surface area contributed by atoms with E-state index in [0.717, 1.165) is 18.8 Å². The zero-order valence-corrected chi connectivity index (χ0v) is 25.1. The van der Waals surface area contributed by atoms with Gasteiger partial charge >= 0.3 is 0 Å². The van der Waals surface area contributed by atoms with E-state index >= 15 is 4.39 Å². The summed E-state index contributed by atoms with van der Waals surface area (Å²) in [6.45, 7) is 7.03. The highest BCUT2D eigenvalue weighted by molar-refractivity contribution is 6.00. The molecule has 2 heterocycles. The molecule has 9 heteroatoms. The molecule has 4 aromatic rings. The lowest BCUT2D eigenvalue weighted by Crippen LogP contribution is -2.34. The Balaban J connectivity index is 0.964. The van der Waals surface area contributed by atoms with Crippen molar-refractivity contribution in [2.75, 3.05) is 36.9 Å². The lowest BCUT2D eigenvalue weighted by molar-refractivity contribution is -0.119. The summed E-state index contributed by atoms with van der Waals surface area (Å²) >= 11 is 0. The number of hydrogen-bond acceptors (Lipinski definition) is 7. The van der Waals surface area contributed by atoms with Crippen LogP contribution in [0.15, 0.2) is 91.3 Å². The Morgan fingerprint density at radius 2 is 1.80 bits per heavy atom. The van der Waals surface area contributed by atoms with Gasteiger partial charge in [0.05, 0.1) is 10.9 Å². The Morgan fingerprint density at radius 3 is 2.53 bits per heavy atom. The number of rotatable bonds is 12. The number of hydrogen-bond donors (Lipinski definition) is 3. The first-order valence-electron chi connectivity index (χ1n) is 15.5. The van der Waals surface area contributed by atoms with Gasteiger partial charge in [0.1, 0.15) is 24.2 Å². The average Bonchev–Trinajstić information content (AvgIpc) is 3.96. The zero-order chi connectivity index (χ0) is 31.0. The van der Waals surface area contributed by atoms with E-state index in [9.17, 15) is 9.90 Å². The van der Waals surface area contributed by atoms with Gasteiger partial charge in [-0.05, 0) is 86.5 Å². The van der Waals surface area contributed by atoms with Crippen molar-refractivity contribution in [1.82, 2.24) is 9.88 Å². The molecular formula is C36H37FN4O4. The maximum Gasteiger partial charge on any atom is 0.236 e. The Kier molecular flexibility index (Phi) is 7.67. The topological polar surface area (TPSA) is 96.0 Å². The van der Waals surface area contributed by atoms with E-state index in [1.165, 1.54) is 31.4 Å². The van der Waals surface area contributed by atoms with Crippen LogP contribution in [0.4, 0.5) is 15.8 Å². The van der Waals surface area contributed by atoms with E-state index in [1.54, 1.807) is 30.5 Å². The molecule has 1 unspecified atom stereocenters. The minimum atomic E-state index is -0.731. The number of fused-ring (bicyclic) bond motifs is 1. The van der Waals surface area contributed by atoms with Crippen LogP contribution >= 0.6 is 0 Å². The fourth-order valence-corrected chi connectivity index (χ4v) is 6.23. The fraction of sp³-hybridized carbons (Fsp3) is 0.333. The number of carbonyl (C=O) groups excluding carboxylic acids is 1. The van der Waals surface area contributed by atoms with Crippen molar-refractivity contribution in [3.05, 3.63) is 97.1 Å². The van der Waals surface area contributed by atoms with E-state index < -0.39 is 17.3 Å². The molecule has 3 fully saturated rings. The molecule has 3 aromatic carbocycles. The van der Waals surface area contributed by atoms with Crippen LogP contribution in [0.25, 0.3) is 10.9 Å². The lowest BCUT2D eigenvalue weighted by atomic mass is 10.0. The number of amides is 1. The highest BCUT2D eigenvalue weighted by atomic mass is 19.1. The molecule has 2 aliphatic carbocycles. The van der Waals surface area contributed by atoms with E-state index in [-0.39, 0.29) is 18.3 Å². The number of para-hydroxylation sites is 1. The smallest absolute Gasteiger partial charge is 0.236 e. The maximum absolute atomic E-state index is 15.2. The Morgan fingerprint density at radius 1 is 0.978 bits per heavy atom. The minimum absolute atomic E-state index is 0.0233. The third-order valence-corrected chi connectivity index (χ3v) is 9.30. The molecule has 7 rings (SSSR count). The van der Waals surface area contributed by atoms with Gasteiger partial charge in [-0.3, -0.25) is 9.78 Å². The van der Waals surface area contributed by atoms with E-state index in [2.05, 4.69) is 27.1 Å². The minimum Gasteiger partial charge on any atom is -0.491 e. The second kappa shape index (κ2) is 11.8. The number of β-amino-alcohol motifs (C(OH)–C–C–N with tert-alkyl or cyclic N) is 1. The molecule has 8 nitrogen and oxygen atoms in total. The Hall–Kier alpha value is -4.47. The van der Waals surface area contributed by atoms with Crippen molar-refractivity contribution in [2.24, 2.45) is 10.8 Å². The summed E-state index contributed by atoms with van der Waals surface area (Å²) < 4.78 is 27.1. The molecule has 1 saturated heterocycles. The van der Waals surface area contributed by atoms with Crippen LogP contribution < -0.4 is 20.1 Å². The summed E-state index contributed by atoms with van der Waals surface area (Å²) in [5.74, 6) is 0.217. The number of nitrogens with one attached hydrogen (secondary N) is 2. The van der Waals surface area contributed by atoms with Crippen LogP contribution in [0.1, 0.15) is 32.1 Å². The summed E-state index contributed by atoms with van der Waals surface area (Å²) in [5.41, 5.74) is 2.24. The molecule has 1 spiro atoms. The number of halogens is 1. The van der Waals surface area contributed by atoms with Crippen molar-refractivity contribution in [3.8, 4) is 17.2 Å². The van der Waals surface area contributed by atoms with Gasteiger partial charge in [0, 0.05) is 53.9 Å². The first-order valence-corrected chi connectivity index (χ1v) is 15.5. The van der Waals surface area contributed by atoms with E-state index in [4.69, 9.17) is 9.47 Å². The number of nitrogens with zero attached hydrogens (tertiary/aromatic N) is 2. The lowest BCUT2D eigenvalue weighted by Gasteiger charge is -2.20. The highest BCUT2D eigenvalue weighted by Crippen LogP contribution is 2.53. The molecule has 0 bridgehead atoms. The van der Waals surface area contributed by atoms with Crippen molar-refractivity contribution in [2.45, 2.75) is 38.2 Å². The van der Waals surface area contributed by atoms with E-state index in [1.807, 2.05) is 36.4 Å². The van der Waals surface area contributed by atoms with Crippen LogP contribution in [-0.4, -0.2) is 53.2 Å². The molecule has 1 aromatic heterocycles. The molecule has 0 radical (unpaired) electrons. The monoisotopic (exact) mass is 608 g/mol. The van der Waals surface area contributed by atoms with Crippen molar-refractivity contribution < 1.29 is 23.8 Å². The number of likely N-dealkylation sites (tertiary alicyclic amines) is 1. The maximum atomic E-state index is 15.2. The second-order valence-electron chi connectivity index (χ2n) is 12.7. The number of carbonyl (C=O) groups is 1. The molecule has 232 valence electrons. The number of aromatic nitrogens is 1. The van der Waals surface area contributed by atoms with Gasteiger partial charge in [0.15, 0.2) is 11.6 Å². The van der Waals surface area contributed by atoms with Gasteiger partial charge in [-0.25, -0.2) is 4.39 Å². The van der Waals surface area contributed by atoms with Crippen LogP contribution in [0.2, 0.25) is 0 Å². The molecule has 1 amide bonds. The van der Waals surface area contributed by atoms with Crippen LogP contribution in [0.5, 0.6) is 17.2 Å². The standard InChI is InChI=1S/C36H37FN4O4/c1-24(39-25-5-3-2-4-6-25)36(14-15-36)34(43)40-26-7-10-33(30(37)19-26)45-32-11-17-38-31-20-28(8-9-29(31)32)44-22-27(42)21-41-18-16-35(23-41)12-13-35/h2-11,17,19-20,27,39,42H,1,12-16,18,21-23H2,(H,40,43). The van der Waals surface area contributed by atoms with Crippen molar-refractivity contribution in [3.63, 3.8) is 0 Å². The largest absolute Gasteiger partial charge is 0.491 e. The first-order chi connectivity index (χ1) is 21.8. The molecular weight excluding hydrogens is 571 g/mol. The van der Waals surface area contributed by atoms with Gasteiger partial charge in [-0.1, -0.05) is 24.8 Å².